The lowest BCUT2D eigenvalue weighted by Crippen LogP contribution is -2.79. The van der Waals surface area contributed by atoms with Crippen LogP contribution >= 0.6 is 0 Å². The zero-order chi connectivity index (χ0) is 39.1. The summed E-state index contributed by atoms with van der Waals surface area (Å²) in [6, 6.07) is 0. The van der Waals surface area contributed by atoms with Crippen molar-refractivity contribution in [3.63, 3.8) is 0 Å². The third kappa shape index (κ3) is 5.56. The Kier molecular flexibility index (Phi) is 10.5. The third-order valence-electron chi connectivity index (χ3n) is 5.49. The highest BCUT2D eigenvalue weighted by atomic mass is 19.4. The summed E-state index contributed by atoms with van der Waals surface area (Å²) >= 11 is 0. The molecule has 0 aromatic heterocycles. The topological polar surface area (TPSA) is 26.3 Å². The average Bonchev–Trinajstić information content (AvgIpc) is 2.84. The second-order valence-corrected chi connectivity index (χ2v) is 8.88. The summed E-state index contributed by atoms with van der Waals surface area (Å²) in [4.78, 5) is 10.9. The molecule has 47 heavy (non-hydrogen) atoms. The minimum Gasteiger partial charge on any atom is -0.456 e. The van der Waals surface area contributed by atoms with Crippen LogP contribution in [0.2, 0.25) is 0 Å². The molecule has 0 aliphatic rings. The Hall–Kier alpha value is -2.68. The van der Waals surface area contributed by atoms with Crippen molar-refractivity contribution < 1.29 is 128 Å². The van der Waals surface area contributed by atoms with Crippen molar-refractivity contribution in [1.82, 2.24) is 0 Å². The summed E-state index contributed by atoms with van der Waals surface area (Å²) < 4.78 is 364. The summed E-state index contributed by atoms with van der Waals surface area (Å²) in [5, 5.41) is 0. The number of rotatable bonds is 14. The monoisotopic (exact) mass is 768 g/mol. The van der Waals surface area contributed by atoms with E-state index in [1.807, 2.05) is 0 Å². The van der Waals surface area contributed by atoms with Crippen LogP contribution in [0.25, 0.3) is 0 Å². The van der Waals surface area contributed by atoms with Gasteiger partial charge in [0.05, 0.1) is 0 Å². The lowest BCUT2D eigenvalue weighted by molar-refractivity contribution is -0.485. The van der Waals surface area contributed by atoms with Gasteiger partial charge in [0.25, 0.3) is 0 Å². The van der Waals surface area contributed by atoms with Crippen molar-refractivity contribution >= 4 is 5.97 Å². The minimum absolute atomic E-state index is 0.475. The van der Waals surface area contributed by atoms with E-state index in [1.54, 1.807) is 0 Å². The molecule has 29 heteroatoms. The molecule has 0 N–H and O–H groups in total. The molecular weight excluding hydrogens is 761 g/mol. The van der Waals surface area contributed by atoms with Crippen molar-refractivity contribution in [2.45, 2.75) is 84.2 Å². The Labute approximate surface area is 238 Å². The molecule has 0 heterocycles. The molecule has 0 rings (SSSR count). The highest BCUT2D eigenvalue weighted by Crippen LogP contribution is 2.68. The molecule has 0 fully saturated rings. The van der Waals surface area contributed by atoms with Crippen molar-refractivity contribution in [2.75, 3.05) is 6.61 Å². The SMILES string of the molecule is C=C(C)C(=O)OCC(F)(F)C(F)(F)C(F)(F)C(F)(F)C(F)(F)C(F)(F)C(F)(F)C(F)(F)C(F)(F)C(F)(F)C(F)(F)C(F)(F)C(F)(F)F. The van der Waals surface area contributed by atoms with Crippen LogP contribution in [0.1, 0.15) is 6.92 Å². The van der Waals surface area contributed by atoms with Gasteiger partial charge in [0.2, 0.25) is 0 Å². The van der Waals surface area contributed by atoms with Gasteiger partial charge in [-0.25, -0.2) is 4.79 Å². The number of halogens is 27. The lowest BCUT2D eigenvalue weighted by Gasteiger charge is -2.46. The first kappa shape index (κ1) is 44.3. The zero-order valence-corrected chi connectivity index (χ0v) is 20.9. The van der Waals surface area contributed by atoms with E-state index in [1.165, 1.54) is 0 Å². The van der Waals surface area contributed by atoms with E-state index in [2.05, 4.69) is 11.3 Å². The van der Waals surface area contributed by atoms with Gasteiger partial charge in [-0.1, -0.05) is 6.58 Å². The van der Waals surface area contributed by atoms with E-state index in [0.717, 1.165) is 0 Å². The molecule has 0 aliphatic heterocycles. The maximum absolute atomic E-state index is 13.8. The average molecular weight is 768 g/mol. The third-order valence-corrected chi connectivity index (χ3v) is 5.49. The van der Waals surface area contributed by atoms with Gasteiger partial charge in [0.15, 0.2) is 6.61 Å². The van der Waals surface area contributed by atoms with Gasteiger partial charge in [-0.05, 0) is 6.92 Å². The first-order valence-corrected chi connectivity index (χ1v) is 10.3. The van der Waals surface area contributed by atoms with Gasteiger partial charge >= 0.3 is 83.2 Å². The molecule has 2 nitrogen and oxygen atoms in total. The molecule has 0 saturated carbocycles. The summed E-state index contributed by atoms with van der Waals surface area (Å²) in [5.74, 6) is -113. The van der Waals surface area contributed by atoms with E-state index < -0.39 is 95.4 Å². The summed E-state index contributed by atoms with van der Waals surface area (Å²) in [7, 11) is 0. The highest BCUT2D eigenvalue weighted by Gasteiger charge is 3.00. The Morgan fingerprint density at radius 1 is 0.404 bits per heavy atom. The van der Waals surface area contributed by atoms with Crippen LogP contribution < -0.4 is 0 Å². The van der Waals surface area contributed by atoms with E-state index in [0.29, 0.717) is 6.92 Å². The highest BCUT2D eigenvalue weighted by molar-refractivity contribution is 5.86. The van der Waals surface area contributed by atoms with Crippen LogP contribution in [0.5, 0.6) is 0 Å². The van der Waals surface area contributed by atoms with Crippen molar-refractivity contribution in [2.24, 2.45) is 0 Å². The molecule has 0 radical (unpaired) electrons. The number of carbonyl (C=O) groups is 1. The van der Waals surface area contributed by atoms with Crippen LogP contribution in [-0.4, -0.2) is 89.8 Å². The molecule has 0 aliphatic carbocycles. The summed E-state index contributed by atoms with van der Waals surface area (Å²) in [6.07, 6.45) is -8.26. The second-order valence-electron chi connectivity index (χ2n) is 8.88. The van der Waals surface area contributed by atoms with E-state index in [-0.39, 0.29) is 0 Å². The number of hydrogen-bond acceptors (Lipinski definition) is 2. The molecule has 0 aromatic carbocycles. The fourth-order valence-corrected chi connectivity index (χ4v) is 2.55. The maximum Gasteiger partial charge on any atom is 0.460 e. The molecule has 0 amide bonds. The van der Waals surface area contributed by atoms with E-state index in [9.17, 15) is 123 Å². The first-order chi connectivity index (χ1) is 19.8. The number of alkyl halides is 27. The van der Waals surface area contributed by atoms with Gasteiger partial charge in [-0.15, -0.1) is 0 Å². The Balaban J connectivity index is 7.35. The molecule has 280 valence electrons. The van der Waals surface area contributed by atoms with Crippen molar-refractivity contribution in [3.8, 4) is 0 Å². The van der Waals surface area contributed by atoms with E-state index in [4.69, 9.17) is 0 Å². The quantitative estimate of drug-likeness (QED) is 0.100. The fourth-order valence-electron chi connectivity index (χ4n) is 2.55. The van der Waals surface area contributed by atoms with Crippen LogP contribution in [-0.2, 0) is 9.53 Å². The molecule has 0 unspecified atom stereocenters. The predicted molar refractivity (Wildman–Crippen MR) is 91.2 cm³/mol. The molecule has 0 saturated heterocycles. The van der Waals surface area contributed by atoms with Gasteiger partial charge in [0.1, 0.15) is 0 Å². The Morgan fingerprint density at radius 3 is 0.787 bits per heavy atom. The van der Waals surface area contributed by atoms with Gasteiger partial charge < -0.3 is 4.74 Å². The maximum atomic E-state index is 13.8. The molecular formula is C18H7F27O2. The number of carbonyl (C=O) groups excluding carboxylic acids is 1. The van der Waals surface area contributed by atoms with Crippen molar-refractivity contribution in [1.29, 1.82) is 0 Å². The minimum atomic E-state index is -9.83. The molecule has 0 spiro atoms. The first-order valence-electron chi connectivity index (χ1n) is 10.3. The van der Waals surface area contributed by atoms with Gasteiger partial charge in [-0.3, -0.25) is 0 Å². The summed E-state index contributed by atoms with van der Waals surface area (Å²) in [6.45, 7) is -0.601. The Bertz CT molecular complexity index is 1190. The van der Waals surface area contributed by atoms with Crippen LogP contribution in [0.4, 0.5) is 119 Å². The standard InChI is InChI=1S/C18H7F27O2/c1-4(2)5(46)47-3-6(19,20)7(21,22)8(23,24)9(25,26)10(27,28)11(29,30)12(31,32)13(33,34)14(35,36)15(37,38)16(39,40)17(41,42)18(43,44)45/h1,3H2,2H3. The number of hydrogen-bond donors (Lipinski definition) is 0. The lowest BCUT2D eigenvalue weighted by atomic mass is 9.84. The normalized spacial score (nSPS) is 16.3. The number of esters is 1. The number of ether oxygens (including phenoxy) is 1. The molecule has 0 bridgehead atoms. The molecule has 0 aromatic rings. The largest absolute Gasteiger partial charge is 0.460 e. The van der Waals surface area contributed by atoms with Gasteiger partial charge in [-0.2, -0.15) is 119 Å². The Morgan fingerprint density at radius 2 is 0.596 bits per heavy atom. The van der Waals surface area contributed by atoms with Crippen LogP contribution in [0.15, 0.2) is 12.2 Å². The second kappa shape index (κ2) is 11.2. The zero-order valence-electron chi connectivity index (χ0n) is 20.9. The van der Waals surface area contributed by atoms with Gasteiger partial charge in [0, 0.05) is 5.57 Å². The smallest absolute Gasteiger partial charge is 0.456 e. The van der Waals surface area contributed by atoms with E-state index >= 15 is 0 Å². The van der Waals surface area contributed by atoms with Crippen LogP contribution in [0, 0.1) is 0 Å². The van der Waals surface area contributed by atoms with Crippen LogP contribution in [0.3, 0.4) is 0 Å². The summed E-state index contributed by atoms with van der Waals surface area (Å²) in [5.41, 5.74) is -1.10. The molecule has 0 atom stereocenters. The predicted octanol–water partition coefficient (Wildman–Crippen LogP) is 9.29. The fraction of sp³-hybridized carbons (Fsp3) is 0.833. The van der Waals surface area contributed by atoms with Crippen molar-refractivity contribution in [3.05, 3.63) is 12.2 Å².